The molecule has 0 radical (unpaired) electrons. The fraction of sp³-hybridized carbons (Fsp3) is 0.0667. The molecule has 0 heterocycles. The third-order valence-electron chi connectivity index (χ3n) is 2.80. The molecular weight excluding hydrogens is 359 g/mol. The van der Waals surface area contributed by atoms with Gasteiger partial charge in [0.1, 0.15) is 5.82 Å². The first kappa shape index (κ1) is 15.5. The van der Waals surface area contributed by atoms with Crippen LogP contribution in [0.1, 0.15) is 21.5 Å². The lowest BCUT2D eigenvalue weighted by molar-refractivity contribution is 0.0950. The molecule has 0 aliphatic heterocycles. The summed E-state index contributed by atoms with van der Waals surface area (Å²) in [6.07, 6.45) is 0. The molecule has 106 valence electrons. The fourth-order valence-electron chi connectivity index (χ4n) is 1.68. The molecule has 2 rings (SSSR count). The van der Waals surface area contributed by atoms with E-state index in [-0.39, 0.29) is 18.0 Å². The highest BCUT2D eigenvalue weighted by atomic mass is 79.9. The summed E-state index contributed by atoms with van der Waals surface area (Å²) in [7, 11) is 0. The van der Waals surface area contributed by atoms with E-state index >= 15 is 0 Å². The minimum atomic E-state index is -0.522. The van der Waals surface area contributed by atoms with Crippen molar-refractivity contribution in [3.8, 4) is 6.07 Å². The smallest absolute Gasteiger partial charge is 0.251 e. The topological polar surface area (TPSA) is 52.9 Å². The normalized spacial score (nSPS) is 10.0. The molecule has 0 saturated heterocycles. The van der Waals surface area contributed by atoms with E-state index in [9.17, 15) is 9.18 Å². The van der Waals surface area contributed by atoms with Crippen LogP contribution in [0.4, 0.5) is 4.39 Å². The number of hydrogen-bond acceptors (Lipinski definition) is 2. The van der Waals surface area contributed by atoms with Crippen molar-refractivity contribution < 1.29 is 9.18 Å². The molecule has 2 aromatic rings. The molecule has 0 saturated carbocycles. The van der Waals surface area contributed by atoms with E-state index in [2.05, 4.69) is 21.2 Å². The van der Waals surface area contributed by atoms with E-state index in [0.29, 0.717) is 20.6 Å². The lowest BCUT2D eigenvalue weighted by Gasteiger charge is -2.07. The first-order valence-corrected chi connectivity index (χ1v) is 7.10. The van der Waals surface area contributed by atoms with E-state index < -0.39 is 5.82 Å². The van der Waals surface area contributed by atoms with Crippen molar-refractivity contribution in [1.29, 1.82) is 5.26 Å². The summed E-state index contributed by atoms with van der Waals surface area (Å²) in [5, 5.41) is 11.8. The quantitative estimate of drug-likeness (QED) is 0.890. The Hall–Kier alpha value is -1.90. The minimum absolute atomic E-state index is 0.0383. The van der Waals surface area contributed by atoms with E-state index in [1.165, 1.54) is 12.1 Å². The summed E-state index contributed by atoms with van der Waals surface area (Å²) in [5.74, 6) is -0.859. The van der Waals surface area contributed by atoms with Crippen molar-refractivity contribution in [2.45, 2.75) is 6.54 Å². The van der Waals surface area contributed by atoms with Gasteiger partial charge in [-0.1, -0.05) is 17.7 Å². The maximum absolute atomic E-state index is 13.7. The Morgan fingerprint density at radius 3 is 2.71 bits per heavy atom. The number of nitrogens with one attached hydrogen (secondary N) is 1. The fourth-order valence-corrected chi connectivity index (χ4v) is 2.17. The van der Waals surface area contributed by atoms with Crippen LogP contribution < -0.4 is 5.32 Å². The second-order valence-electron chi connectivity index (χ2n) is 4.23. The molecule has 1 amide bonds. The second-order valence-corrected chi connectivity index (χ2v) is 5.49. The molecule has 3 nitrogen and oxygen atoms in total. The molecule has 0 aliphatic carbocycles. The van der Waals surface area contributed by atoms with Gasteiger partial charge in [0, 0.05) is 22.1 Å². The van der Waals surface area contributed by atoms with Crippen LogP contribution in [0, 0.1) is 17.1 Å². The number of carbonyl (C=O) groups excluding carboxylic acids is 1. The highest BCUT2D eigenvalue weighted by molar-refractivity contribution is 9.10. The van der Waals surface area contributed by atoms with Gasteiger partial charge < -0.3 is 5.32 Å². The van der Waals surface area contributed by atoms with Gasteiger partial charge in [0.25, 0.3) is 5.91 Å². The number of benzene rings is 2. The molecule has 6 heteroatoms. The Morgan fingerprint density at radius 1 is 1.33 bits per heavy atom. The van der Waals surface area contributed by atoms with Crippen LogP contribution >= 0.6 is 27.5 Å². The number of rotatable bonds is 3. The van der Waals surface area contributed by atoms with Crippen molar-refractivity contribution in [2.75, 3.05) is 0 Å². The number of hydrogen-bond donors (Lipinski definition) is 1. The molecule has 0 bridgehead atoms. The molecule has 0 unspecified atom stereocenters. The number of nitriles is 1. The largest absolute Gasteiger partial charge is 0.348 e. The van der Waals surface area contributed by atoms with Crippen LogP contribution in [-0.4, -0.2) is 5.91 Å². The maximum atomic E-state index is 13.7. The summed E-state index contributed by atoms with van der Waals surface area (Å²) in [4.78, 5) is 12.0. The van der Waals surface area contributed by atoms with Gasteiger partial charge in [-0.05, 0) is 46.3 Å². The molecule has 0 fully saturated rings. The predicted octanol–water partition coefficient (Wildman–Crippen LogP) is 4.04. The summed E-state index contributed by atoms with van der Waals surface area (Å²) in [6.45, 7) is 0.0383. The number of carbonyl (C=O) groups is 1. The van der Waals surface area contributed by atoms with Crippen LogP contribution in [0.3, 0.4) is 0 Å². The zero-order chi connectivity index (χ0) is 15.4. The van der Waals surface area contributed by atoms with Crippen LogP contribution in [0.25, 0.3) is 0 Å². The van der Waals surface area contributed by atoms with Gasteiger partial charge in [0.2, 0.25) is 0 Å². The molecule has 0 atom stereocenters. The van der Waals surface area contributed by atoms with Gasteiger partial charge in [0.05, 0.1) is 16.7 Å². The Morgan fingerprint density at radius 2 is 2.10 bits per heavy atom. The Labute approximate surface area is 134 Å². The standard InChI is InChI=1S/C15H9BrClFN2O/c16-12-6-10(3-4-13(12)17)15(21)20-8-11-2-1-9(7-19)5-14(11)18/h1-6H,8H2,(H,20,21). The van der Waals surface area contributed by atoms with Crippen molar-refractivity contribution in [3.63, 3.8) is 0 Å². The highest BCUT2D eigenvalue weighted by Crippen LogP contribution is 2.23. The van der Waals surface area contributed by atoms with Crippen LogP contribution in [-0.2, 0) is 6.54 Å². The van der Waals surface area contributed by atoms with E-state index in [0.717, 1.165) is 6.07 Å². The number of nitrogens with zero attached hydrogens (tertiary/aromatic N) is 1. The summed E-state index contributed by atoms with van der Waals surface area (Å²) in [5.41, 5.74) is 0.972. The van der Waals surface area contributed by atoms with Gasteiger partial charge in [-0.3, -0.25) is 4.79 Å². The Kier molecular flexibility index (Phi) is 4.94. The van der Waals surface area contributed by atoms with Gasteiger partial charge >= 0.3 is 0 Å². The van der Waals surface area contributed by atoms with Crippen molar-refractivity contribution in [1.82, 2.24) is 5.32 Å². The van der Waals surface area contributed by atoms with E-state index in [1.807, 2.05) is 6.07 Å². The molecule has 0 aromatic heterocycles. The Bertz CT molecular complexity index is 743. The van der Waals surface area contributed by atoms with Crippen LogP contribution in [0.5, 0.6) is 0 Å². The summed E-state index contributed by atoms with van der Waals surface area (Å²) in [6, 6.07) is 10.7. The van der Waals surface area contributed by atoms with Gasteiger partial charge in [-0.25, -0.2) is 4.39 Å². The monoisotopic (exact) mass is 366 g/mol. The van der Waals surface area contributed by atoms with Crippen LogP contribution in [0.15, 0.2) is 40.9 Å². The molecule has 1 N–H and O–H groups in total. The highest BCUT2D eigenvalue weighted by Gasteiger charge is 2.09. The second kappa shape index (κ2) is 6.70. The van der Waals surface area contributed by atoms with Crippen LogP contribution in [0.2, 0.25) is 5.02 Å². The van der Waals surface area contributed by atoms with Crippen molar-refractivity contribution in [2.24, 2.45) is 0 Å². The molecule has 21 heavy (non-hydrogen) atoms. The predicted molar refractivity (Wildman–Crippen MR) is 81.4 cm³/mol. The first-order valence-electron chi connectivity index (χ1n) is 5.93. The zero-order valence-electron chi connectivity index (χ0n) is 10.7. The average Bonchev–Trinajstić information content (AvgIpc) is 2.48. The Balaban J connectivity index is 2.07. The number of amides is 1. The lowest BCUT2D eigenvalue weighted by Crippen LogP contribution is -2.23. The first-order chi connectivity index (χ1) is 10.0. The average molecular weight is 368 g/mol. The molecular formula is C15H9BrClFN2O. The molecule has 0 spiro atoms. The third-order valence-corrected chi connectivity index (χ3v) is 4.02. The lowest BCUT2D eigenvalue weighted by atomic mass is 10.1. The van der Waals surface area contributed by atoms with Crippen molar-refractivity contribution in [3.05, 3.63) is 68.4 Å². The van der Waals surface area contributed by atoms with E-state index in [1.54, 1.807) is 18.2 Å². The van der Waals surface area contributed by atoms with E-state index in [4.69, 9.17) is 16.9 Å². The summed E-state index contributed by atoms with van der Waals surface area (Å²) < 4.78 is 14.3. The minimum Gasteiger partial charge on any atom is -0.348 e. The number of halogens is 3. The SMILES string of the molecule is N#Cc1ccc(CNC(=O)c2ccc(Cl)c(Br)c2)c(F)c1. The van der Waals surface area contributed by atoms with Gasteiger partial charge in [0.15, 0.2) is 0 Å². The third kappa shape index (κ3) is 3.81. The molecule has 0 aliphatic rings. The summed E-state index contributed by atoms with van der Waals surface area (Å²) >= 11 is 9.09. The zero-order valence-corrected chi connectivity index (χ0v) is 13.0. The molecule has 2 aromatic carbocycles. The van der Waals surface area contributed by atoms with Gasteiger partial charge in [-0.2, -0.15) is 5.26 Å². The van der Waals surface area contributed by atoms with Gasteiger partial charge in [-0.15, -0.1) is 0 Å². The van der Waals surface area contributed by atoms with Crippen molar-refractivity contribution >= 4 is 33.4 Å². The maximum Gasteiger partial charge on any atom is 0.251 e.